The predicted octanol–water partition coefficient (Wildman–Crippen LogP) is 22.9. The van der Waals surface area contributed by atoms with Gasteiger partial charge in [-0.25, -0.2) is 39.9 Å². The quantitative estimate of drug-likeness (QED) is 0.0651. The Hall–Kier alpha value is -13.4. The average molecular weight is 1440 g/mol. The third kappa shape index (κ3) is 14.9. The van der Waals surface area contributed by atoms with Crippen LogP contribution in [0.3, 0.4) is 0 Å². The Balaban J connectivity index is 0.000000135. The Morgan fingerprint density at radius 1 is 0.236 bits per heavy atom. The molecule has 526 valence electrons. The van der Waals surface area contributed by atoms with Gasteiger partial charge in [0.05, 0.1) is 39.0 Å². The normalized spacial score (nSPS) is 12.8. The molecule has 1 aliphatic rings. The summed E-state index contributed by atoms with van der Waals surface area (Å²) in [5, 5.41) is 4.77. The van der Waals surface area contributed by atoms with E-state index in [1.165, 1.54) is 11.1 Å². The molecule has 12 aromatic carbocycles. The van der Waals surface area contributed by atoms with Crippen molar-refractivity contribution in [1.29, 1.82) is 0 Å². The fraction of sp³-hybridized carbons (Fsp3) is 0.0625. The molecule has 0 saturated carbocycles. The van der Waals surface area contributed by atoms with Crippen molar-refractivity contribution in [2.45, 2.75) is 38.9 Å². The van der Waals surface area contributed by atoms with Gasteiger partial charge in [-0.3, -0.25) is 9.97 Å². The van der Waals surface area contributed by atoms with Gasteiger partial charge in [-0.15, -0.1) is 0 Å². The van der Waals surface area contributed by atoms with Gasteiger partial charge in [-0.2, -0.15) is 0 Å². The monoisotopic (exact) mass is 1440 g/mol. The second kappa shape index (κ2) is 30.4. The van der Waals surface area contributed by atoms with E-state index in [0.717, 1.165) is 127 Å². The lowest BCUT2D eigenvalue weighted by molar-refractivity contribution is 0.00578. The summed E-state index contributed by atoms with van der Waals surface area (Å²) in [7, 11) is -0.480. The van der Waals surface area contributed by atoms with Crippen LogP contribution in [-0.2, 0) is 9.31 Å². The van der Waals surface area contributed by atoms with Gasteiger partial charge in [0.2, 0.25) is 0 Å². The molecule has 19 rings (SSSR count). The van der Waals surface area contributed by atoms with Crippen molar-refractivity contribution in [1.82, 2.24) is 49.8 Å². The summed E-state index contributed by atoms with van der Waals surface area (Å²) in [6.45, 7) is 8.25. The number of nitrogens with zero attached hydrogens (tertiary/aromatic N) is 10. The Kier molecular flexibility index (Phi) is 19.3. The third-order valence-corrected chi connectivity index (χ3v) is 20.4. The summed E-state index contributed by atoms with van der Waals surface area (Å²) in [4.78, 5) is 48.4. The van der Waals surface area contributed by atoms with E-state index in [1.54, 1.807) is 12.3 Å². The summed E-state index contributed by atoms with van der Waals surface area (Å²) in [6.07, 6.45) is 3.58. The summed E-state index contributed by atoms with van der Waals surface area (Å²) in [6, 6.07) is 115. The number of rotatable bonds is 12. The lowest BCUT2D eigenvalue weighted by Gasteiger charge is -2.32. The van der Waals surface area contributed by atoms with Crippen LogP contribution in [0.2, 0.25) is 5.15 Å². The summed E-state index contributed by atoms with van der Waals surface area (Å²) < 4.78 is 12.7. The van der Waals surface area contributed by atoms with E-state index in [2.05, 4.69) is 285 Å². The largest absolute Gasteiger partial charge is 0.494 e. The van der Waals surface area contributed by atoms with Crippen LogP contribution in [0.4, 0.5) is 0 Å². The highest BCUT2D eigenvalue weighted by atomic mass is 35.5. The molecule has 1 fully saturated rings. The van der Waals surface area contributed by atoms with Crippen LogP contribution in [0.25, 0.3) is 168 Å². The van der Waals surface area contributed by atoms with Gasteiger partial charge in [0.1, 0.15) is 5.15 Å². The second-order valence-corrected chi connectivity index (χ2v) is 28.3. The van der Waals surface area contributed by atoms with Crippen LogP contribution >= 0.6 is 11.6 Å². The van der Waals surface area contributed by atoms with Crippen molar-refractivity contribution < 1.29 is 9.31 Å². The Morgan fingerprint density at radius 3 is 0.918 bits per heavy atom. The Bertz CT molecular complexity index is 6130. The molecule has 0 radical (unpaired) electrons. The van der Waals surface area contributed by atoms with Crippen LogP contribution in [-0.4, -0.2) is 68.2 Å². The minimum absolute atomic E-state index is 0.432. The van der Waals surface area contributed by atoms with Crippen molar-refractivity contribution in [3.63, 3.8) is 0 Å². The first kappa shape index (κ1) is 69.6. The minimum Gasteiger partial charge on any atom is -0.399 e. The maximum Gasteiger partial charge on any atom is 0.494 e. The second-order valence-electron chi connectivity index (χ2n) is 27.9. The molecule has 1 saturated heterocycles. The van der Waals surface area contributed by atoms with E-state index in [4.69, 9.17) is 55.8 Å². The lowest BCUT2D eigenvalue weighted by atomic mass is 9.78. The van der Waals surface area contributed by atoms with Crippen molar-refractivity contribution in [3.8, 4) is 124 Å². The highest BCUT2D eigenvalue weighted by Gasteiger charge is 2.51. The SMILES string of the molecule is CC1(C)OB(c2cccc(-c3nc(-c4ccc(-c5ccccc5)cc4)nc(-c4ccc(-c5ccccc5)cc4)n3)c2)OC1(C)C.Clc1ccc2ccc3cccnc3c2n1.c1ccc(-c2ccc(-c3nc(-c4ccc(-c5ccccc5)cc4)nc(-c4cccc(-c5ccc6ccc7cccnc7c6n5)c4)n3)cc2)cc1. The summed E-state index contributed by atoms with van der Waals surface area (Å²) in [5.74, 6) is 3.64. The van der Waals surface area contributed by atoms with Crippen LogP contribution in [0.15, 0.2) is 352 Å². The fourth-order valence-corrected chi connectivity index (χ4v) is 13.6. The zero-order chi connectivity index (χ0) is 74.6. The van der Waals surface area contributed by atoms with E-state index in [-0.39, 0.29) is 0 Å². The van der Waals surface area contributed by atoms with Crippen LogP contribution < -0.4 is 5.46 Å². The molecule has 14 heteroatoms. The van der Waals surface area contributed by atoms with Crippen LogP contribution in [0.1, 0.15) is 27.7 Å². The van der Waals surface area contributed by atoms with E-state index in [0.29, 0.717) is 40.1 Å². The first-order chi connectivity index (χ1) is 53.8. The topological polar surface area (TPSA) is 147 Å². The van der Waals surface area contributed by atoms with Gasteiger partial charge in [-0.1, -0.05) is 315 Å². The number of hydrogen-bond donors (Lipinski definition) is 0. The van der Waals surface area contributed by atoms with Crippen molar-refractivity contribution in [3.05, 3.63) is 357 Å². The van der Waals surface area contributed by atoms with Crippen molar-refractivity contribution in [2.24, 2.45) is 0 Å². The van der Waals surface area contributed by atoms with E-state index in [1.807, 2.05) is 97.2 Å². The first-order valence-electron chi connectivity index (χ1n) is 36.5. The minimum atomic E-state index is -0.480. The highest BCUT2D eigenvalue weighted by molar-refractivity contribution is 6.62. The molecule has 6 aromatic heterocycles. The maximum atomic E-state index is 6.35. The average Bonchev–Trinajstić information content (AvgIpc) is 1.45. The smallest absolute Gasteiger partial charge is 0.399 e. The van der Waals surface area contributed by atoms with Crippen LogP contribution in [0.5, 0.6) is 0 Å². The molecule has 12 nitrogen and oxygen atoms in total. The molecule has 110 heavy (non-hydrogen) atoms. The number of hydrogen-bond acceptors (Lipinski definition) is 12. The number of aromatic nitrogens is 10. The molecule has 0 N–H and O–H groups in total. The van der Waals surface area contributed by atoms with E-state index >= 15 is 0 Å². The van der Waals surface area contributed by atoms with Crippen molar-refractivity contribution >= 4 is 67.8 Å². The Labute approximate surface area is 643 Å². The van der Waals surface area contributed by atoms with Gasteiger partial charge < -0.3 is 9.31 Å². The number of halogens is 1. The van der Waals surface area contributed by atoms with Gasteiger partial charge in [0.25, 0.3) is 0 Å². The fourth-order valence-electron chi connectivity index (χ4n) is 13.5. The predicted molar refractivity (Wildman–Crippen MR) is 448 cm³/mol. The molecule has 0 atom stereocenters. The number of benzene rings is 12. The third-order valence-electron chi connectivity index (χ3n) is 20.2. The summed E-state index contributed by atoms with van der Waals surface area (Å²) in [5.41, 5.74) is 20.1. The first-order valence-corrected chi connectivity index (χ1v) is 36.9. The molecular formula is C96H70BClN10O2. The molecule has 18 aromatic rings. The lowest BCUT2D eigenvalue weighted by Crippen LogP contribution is -2.41. The van der Waals surface area contributed by atoms with E-state index in [9.17, 15) is 0 Å². The van der Waals surface area contributed by atoms with E-state index < -0.39 is 18.3 Å². The molecule has 0 unspecified atom stereocenters. The standard InChI is InChI=1S/C45H29N5.C39H34BN3O2.C12H7ClN2/c1-3-9-30(10-4-1)32-16-22-36(23-17-32)43-48-44(37-24-18-33(19-25-37)31-11-5-2-6-12-31)50-45(49-43)39-14-7-13-38(29-39)40-27-26-35-21-20-34-15-8-28-46-41(34)42(35)47-40;1-38(2)39(3,4)45-40(44-38)34-17-11-16-33(26-34)37-42-35(31-22-18-29(19-23-31)27-12-7-5-8-13-27)41-36(43-37)32-24-20-30(21-25-32)28-14-9-6-10-15-28;13-10-6-5-9-4-3-8-2-1-7-14-11(8)12(9)15-10/h1-29H;5-26H,1-4H3;1-7H. The van der Waals surface area contributed by atoms with Gasteiger partial charge in [0, 0.05) is 72.9 Å². The molecule has 0 spiro atoms. The van der Waals surface area contributed by atoms with Gasteiger partial charge in [0.15, 0.2) is 34.9 Å². The zero-order valence-corrected chi connectivity index (χ0v) is 61.5. The van der Waals surface area contributed by atoms with Crippen LogP contribution in [0, 0.1) is 0 Å². The van der Waals surface area contributed by atoms with Crippen molar-refractivity contribution in [2.75, 3.05) is 0 Å². The highest BCUT2D eigenvalue weighted by Crippen LogP contribution is 2.38. The molecule has 0 bridgehead atoms. The Morgan fingerprint density at radius 2 is 0.527 bits per heavy atom. The molecule has 0 amide bonds. The molecule has 1 aliphatic heterocycles. The molecule has 7 heterocycles. The van der Waals surface area contributed by atoms with Gasteiger partial charge in [-0.05, 0) is 114 Å². The summed E-state index contributed by atoms with van der Waals surface area (Å²) >= 11 is 5.88. The van der Waals surface area contributed by atoms with Gasteiger partial charge >= 0.3 is 7.12 Å². The molecular weight excluding hydrogens is 1370 g/mol. The molecule has 0 aliphatic carbocycles. The zero-order valence-electron chi connectivity index (χ0n) is 60.7. The number of pyridine rings is 4. The number of fused-ring (bicyclic) bond motifs is 6. The maximum absolute atomic E-state index is 6.35.